The molecule has 0 N–H and O–H groups in total. The highest BCUT2D eigenvalue weighted by molar-refractivity contribution is 7.89. The number of hydrogen-bond donors (Lipinski definition) is 0. The number of benzene rings is 2. The number of sulfonamides is 2. The molecule has 12 heteroatoms. The molecule has 31 heavy (non-hydrogen) atoms. The lowest BCUT2D eigenvalue weighted by atomic mass is 10.3. The van der Waals surface area contributed by atoms with Gasteiger partial charge in [0.2, 0.25) is 20.0 Å². The summed E-state index contributed by atoms with van der Waals surface area (Å²) in [6.07, 6.45) is 0. The summed E-state index contributed by atoms with van der Waals surface area (Å²) < 4.78 is 83.1. The molecule has 1 fully saturated rings. The molecule has 0 aromatic heterocycles. The topological polar surface area (TPSA) is 102 Å². The van der Waals surface area contributed by atoms with Gasteiger partial charge in [-0.3, -0.25) is 0 Å². The Morgan fingerprint density at radius 2 is 1.10 bits per heavy atom. The van der Waals surface area contributed by atoms with E-state index in [2.05, 4.69) is 0 Å². The highest BCUT2D eigenvalue weighted by Gasteiger charge is 2.34. The maximum Gasteiger partial charge on any atom is 0.243 e. The van der Waals surface area contributed by atoms with Gasteiger partial charge in [-0.15, -0.1) is 0 Å². The van der Waals surface area contributed by atoms with Crippen molar-refractivity contribution in [3.05, 3.63) is 42.2 Å². The second-order valence-corrected chi connectivity index (χ2v) is 10.5. The van der Waals surface area contributed by atoms with E-state index < -0.39 is 25.9 Å². The maximum absolute atomic E-state index is 14.0. The molecular formula is C19H23FN2O7S2. The van der Waals surface area contributed by atoms with Gasteiger partial charge in [0.05, 0.1) is 31.1 Å². The van der Waals surface area contributed by atoms with E-state index in [4.69, 9.17) is 14.2 Å². The van der Waals surface area contributed by atoms with Crippen LogP contribution < -0.4 is 14.2 Å². The van der Waals surface area contributed by atoms with Crippen molar-refractivity contribution in [1.29, 1.82) is 0 Å². The van der Waals surface area contributed by atoms with Crippen LogP contribution >= 0.6 is 0 Å². The van der Waals surface area contributed by atoms with Crippen LogP contribution in [0.2, 0.25) is 0 Å². The zero-order chi connectivity index (χ0) is 22.8. The number of hydrogen-bond acceptors (Lipinski definition) is 7. The third-order valence-corrected chi connectivity index (χ3v) is 8.74. The van der Waals surface area contributed by atoms with Crippen molar-refractivity contribution in [2.45, 2.75) is 9.79 Å². The number of methoxy groups -OCH3 is 3. The van der Waals surface area contributed by atoms with Gasteiger partial charge >= 0.3 is 0 Å². The minimum absolute atomic E-state index is 0.0127. The number of halogens is 1. The minimum atomic E-state index is -3.98. The molecule has 1 saturated heterocycles. The Bertz CT molecular complexity index is 1160. The van der Waals surface area contributed by atoms with E-state index in [9.17, 15) is 21.2 Å². The molecule has 0 radical (unpaired) electrons. The van der Waals surface area contributed by atoms with Crippen molar-refractivity contribution in [2.75, 3.05) is 47.5 Å². The van der Waals surface area contributed by atoms with Gasteiger partial charge in [-0.2, -0.15) is 8.61 Å². The molecule has 0 saturated carbocycles. The van der Waals surface area contributed by atoms with Crippen LogP contribution in [0.25, 0.3) is 0 Å². The smallest absolute Gasteiger partial charge is 0.243 e. The lowest BCUT2D eigenvalue weighted by Gasteiger charge is -2.33. The summed E-state index contributed by atoms with van der Waals surface area (Å²) in [7, 11) is -3.72. The first-order chi connectivity index (χ1) is 14.6. The molecule has 1 heterocycles. The van der Waals surface area contributed by atoms with Crippen LogP contribution in [0.5, 0.6) is 17.2 Å². The molecule has 9 nitrogen and oxygen atoms in total. The largest absolute Gasteiger partial charge is 0.494 e. The molecule has 2 aromatic rings. The van der Waals surface area contributed by atoms with Gasteiger partial charge in [0, 0.05) is 32.2 Å². The van der Waals surface area contributed by atoms with Gasteiger partial charge in [-0.1, -0.05) is 0 Å². The summed E-state index contributed by atoms with van der Waals surface area (Å²) >= 11 is 0. The van der Waals surface area contributed by atoms with Crippen molar-refractivity contribution in [1.82, 2.24) is 8.61 Å². The van der Waals surface area contributed by atoms with E-state index in [0.29, 0.717) is 5.75 Å². The van der Waals surface area contributed by atoms with Crippen LogP contribution in [0.4, 0.5) is 4.39 Å². The number of rotatable bonds is 7. The number of ether oxygens (including phenoxy) is 3. The Balaban J connectivity index is 1.77. The predicted octanol–water partition coefficient (Wildman–Crippen LogP) is 1.55. The highest BCUT2D eigenvalue weighted by atomic mass is 32.2. The van der Waals surface area contributed by atoms with E-state index >= 15 is 0 Å². The Morgan fingerprint density at radius 1 is 0.677 bits per heavy atom. The second-order valence-electron chi connectivity index (χ2n) is 6.62. The molecule has 0 amide bonds. The third kappa shape index (κ3) is 4.47. The van der Waals surface area contributed by atoms with Crippen molar-refractivity contribution in [3.8, 4) is 17.2 Å². The van der Waals surface area contributed by atoms with E-state index in [1.165, 1.54) is 56.0 Å². The Labute approximate surface area is 181 Å². The molecule has 1 aliphatic rings. The summed E-state index contributed by atoms with van der Waals surface area (Å²) in [5.74, 6) is -0.196. The average molecular weight is 475 g/mol. The van der Waals surface area contributed by atoms with E-state index in [-0.39, 0.29) is 47.5 Å². The molecule has 0 unspecified atom stereocenters. The summed E-state index contributed by atoms with van der Waals surface area (Å²) in [5, 5.41) is 0. The lowest BCUT2D eigenvalue weighted by molar-refractivity contribution is 0.272. The normalized spacial score (nSPS) is 16.1. The average Bonchev–Trinajstić information content (AvgIpc) is 2.78. The standard InChI is InChI=1S/C19H23FN2O7S2/c1-27-17-6-4-14(12-16(17)20)30(23,24)21-8-10-22(11-9-21)31(25,26)15-5-7-18(28-2)19(13-15)29-3/h4-7,12-13H,8-11H2,1-3H3. The Kier molecular flexibility index (Phi) is 6.74. The van der Waals surface area contributed by atoms with E-state index in [0.717, 1.165) is 10.4 Å². The van der Waals surface area contributed by atoms with Gasteiger partial charge < -0.3 is 14.2 Å². The zero-order valence-electron chi connectivity index (χ0n) is 17.2. The number of nitrogens with zero attached hydrogens (tertiary/aromatic N) is 2. The molecule has 3 rings (SSSR count). The highest BCUT2D eigenvalue weighted by Crippen LogP contribution is 2.31. The fourth-order valence-electron chi connectivity index (χ4n) is 3.23. The van der Waals surface area contributed by atoms with Gasteiger partial charge in [-0.05, 0) is 30.3 Å². The van der Waals surface area contributed by atoms with Crippen LogP contribution in [0.1, 0.15) is 0 Å². The van der Waals surface area contributed by atoms with Gasteiger partial charge in [0.1, 0.15) is 0 Å². The zero-order valence-corrected chi connectivity index (χ0v) is 18.9. The molecule has 0 aliphatic carbocycles. The fourth-order valence-corrected chi connectivity index (χ4v) is 6.11. The van der Waals surface area contributed by atoms with Crippen molar-refractivity contribution < 1.29 is 35.4 Å². The molecule has 170 valence electrons. The molecule has 0 bridgehead atoms. The molecule has 1 aliphatic heterocycles. The van der Waals surface area contributed by atoms with Crippen molar-refractivity contribution in [2.24, 2.45) is 0 Å². The minimum Gasteiger partial charge on any atom is -0.494 e. The van der Waals surface area contributed by atoms with Crippen LogP contribution in [0.15, 0.2) is 46.2 Å². The van der Waals surface area contributed by atoms with Crippen LogP contribution in [-0.4, -0.2) is 73.0 Å². The van der Waals surface area contributed by atoms with E-state index in [1.54, 1.807) is 0 Å². The molecule has 0 atom stereocenters. The van der Waals surface area contributed by atoms with Gasteiger partial charge in [-0.25, -0.2) is 21.2 Å². The van der Waals surface area contributed by atoms with Crippen LogP contribution in [0.3, 0.4) is 0 Å². The maximum atomic E-state index is 14.0. The fraction of sp³-hybridized carbons (Fsp3) is 0.368. The van der Waals surface area contributed by atoms with Gasteiger partial charge in [0.15, 0.2) is 23.1 Å². The van der Waals surface area contributed by atoms with E-state index in [1.807, 2.05) is 0 Å². The quantitative estimate of drug-likeness (QED) is 0.600. The van der Waals surface area contributed by atoms with Crippen molar-refractivity contribution in [3.63, 3.8) is 0 Å². The first-order valence-electron chi connectivity index (χ1n) is 9.21. The molecule has 2 aromatic carbocycles. The Hall–Kier alpha value is -2.41. The third-order valence-electron chi connectivity index (χ3n) is 4.95. The first kappa shape index (κ1) is 23.3. The second kappa shape index (κ2) is 8.99. The predicted molar refractivity (Wildman–Crippen MR) is 110 cm³/mol. The molecular weight excluding hydrogens is 451 g/mol. The van der Waals surface area contributed by atoms with Crippen LogP contribution in [0, 0.1) is 5.82 Å². The first-order valence-corrected chi connectivity index (χ1v) is 12.1. The van der Waals surface area contributed by atoms with Crippen LogP contribution in [-0.2, 0) is 20.0 Å². The summed E-state index contributed by atoms with van der Waals surface area (Å²) in [4.78, 5) is -0.208. The summed E-state index contributed by atoms with van der Waals surface area (Å²) in [5.41, 5.74) is 0. The Morgan fingerprint density at radius 3 is 1.52 bits per heavy atom. The molecule has 0 spiro atoms. The number of piperazine rings is 1. The van der Waals surface area contributed by atoms with Crippen molar-refractivity contribution >= 4 is 20.0 Å². The monoisotopic (exact) mass is 474 g/mol. The van der Waals surface area contributed by atoms with Gasteiger partial charge in [0.25, 0.3) is 0 Å². The summed E-state index contributed by atoms with van der Waals surface area (Å²) in [6, 6.07) is 7.63. The summed E-state index contributed by atoms with van der Waals surface area (Å²) in [6.45, 7) is -0.228. The SMILES string of the molecule is COc1ccc(S(=O)(=O)N2CCN(S(=O)(=O)c3ccc(OC)c(OC)c3)CC2)cc1F. The lowest BCUT2D eigenvalue weighted by Crippen LogP contribution is -2.50.